The molecule has 0 unspecified atom stereocenters. The van der Waals surface area contributed by atoms with Gasteiger partial charge in [0, 0.05) is 11.3 Å². The zero-order valence-corrected chi connectivity index (χ0v) is 12.2. The smallest absolute Gasteiger partial charge is 0.337 e. The van der Waals surface area contributed by atoms with Crippen molar-refractivity contribution in [3.05, 3.63) is 45.9 Å². The molecule has 0 saturated carbocycles. The first-order chi connectivity index (χ1) is 10.2. The van der Waals surface area contributed by atoms with Crippen LogP contribution in [-0.4, -0.2) is 27.7 Å². The standard InChI is InChI=1S/C15H14N2O3S/c1-2-20-11-6-5-10(15(18)19)13-14(11)17-12(16-13)8-9-4-3-7-21-9/h3-7H,2,8H2,1H3,(H,16,17)(H,18,19). The zero-order valence-electron chi connectivity index (χ0n) is 11.4. The van der Waals surface area contributed by atoms with Gasteiger partial charge in [-0.05, 0) is 30.5 Å². The highest BCUT2D eigenvalue weighted by Gasteiger charge is 2.17. The summed E-state index contributed by atoms with van der Waals surface area (Å²) in [4.78, 5) is 20.1. The number of aromatic nitrogens is 2. The molecule has 0 bridgehead atoms. The predicted octanol–water partition coefficient (Wildman–Crippen LogP) is 3.31. The Morgan fingerprint density at radius 3 is 2.95 bits per heavy atom. The van der Waals surface area contributed by atoms with Crippen LogP contribution in [-0.2, 0) is 6.42 Å². The molecule has 0 spiro atoms. The molecule has 0 saturated heterocycles. The maximum absolute atomic E-state index is 11.3. The quantitative estimate of drug-likeness (QED) is 0.758. The Morgan fingerprint density at radius 2 is 2.29 bits per heavy atom. The van der Waals surface area contributed by atoms with Crippen LogP contribution in [0.3, 0.4) is 0 Å². The van der Waals surface area contributed by atoms with E-state index in [1.165, 1.54) is 10.9 Å². The second kappa shape index (κ2) is 5.57. The number of fused-ring (bicyclic) bond motifs is 1. The Labute approximate surface area is 125 Å². The first-order valence-corrected chi connectivity index (χ1v) is 7.47. The number of aromatic carboxylic acids is 1. The van der Waals surface area contributed by atoms with Gasteiger partial charge in [-0.1, -0.05) is 6.07 Å². The van der Waals surface area contributed by atoms with Crippen LogP contribution in [0, 0.1) is 0 Å². The maximum Gasteiger partial charge on any atom is 0.337 e. The number of hydrogen-bond donors (Lipinski definition) is 2. The van der Waals surface area contributed by atoms with Gasteiger partial charge in [0.25, 0.3) is 0 Å². The van der Waals surface area contributed by atoms with Crippen LogP contribution in [0.15, 0.2) is 29.6 Å². The van der Waals surface area contributed by atoms with E-state index in [0.29, 0.717) is 29.8 Å². The molecule has 0 aliphatic heterocycles. The fraction of sp³-hybridized carbons (Fsp3) is 0.200. The largest absolute Gasteiger partial charge is 0.492 e. The molecular formula is C15H14N2O3S. The molecular weight excluding hydrogens is 288 g/mol. The van der Waals surface area contributed by atoms with Gasteiger partial charge < -0.3 is 14.8 Å². The lowest BCUT2D eigenvalue weighted by atomic mass is 10.2. The van der Waals surface area contributed by atoms with E-state index in [9.17, 15) is 9.90 Å². The van der Waals surface area contributed by atoms with E-state index < -0.39 is 5.97 Å². The van der Waals surface area contributed by atoms with Gasteiger partial charge in [0.05, 0.1) is 12.2 Å². The van der Waals surface area contributed by atoms with E-state index in [-0.39, 0.29) is 5.56 Å². The molecule has 5 nitrogen and oxygen atoms in total. The van der Waals surface area contributed by atoms with Gasteiger partial charge >= 0.3 is 5.97 Å². The number of benzene rings is 1. The SMILES string of the molecule is CCOc1ccc(C(=O)O)c2nc(Cc3cccs3)[nH]c12. The third-order valence-electron chi connectivity index (χ3n) is 3.11. The number of thiophene rings is 1. The lowest BCUT2D eigenvalue weighted by Gasteiger charge is -2.04. The van der Waals surface area contributed by atoms with Crippen molar-refractivity contribution >= 4 is 28.3 Å². The Hall–Kier alpha value is -2.34. The summed E-state index contributed by atoms with van der Waals surface area (Å²) < 4.78 is 5.54. The van der Waals surface area contributed by atoms with Crippen molar-refractivity contribution in [2.24, 2.45) is 0 Å². The van der Waals surface area contributed by atoms with Crippen LogP contribution in [0.4, 0.5) is 0 Å². The molecule has 0 aliphatic rings. The molecule has 0 atom stereocenters. The fourth-order valence-electron chi connectivity index (χ4n) is 2.23. The van der Waals surface area contributed by atoms with Gasteiger partial charge in [0.1, 0.15) is 22.6 Å². The van der Waals surface area contributed by atoms with Gasteiger partial charge in [-0.3, -0.25) is 0 Å². The van der Waals surface area contributed by atoms with Crippen molar-refractivity contribution in [3.8, 4) is 5.75 Å². The number of ether oxygens (including phenoxy) is 1. The van der Waals surface area contributed by atoms with E-state index >= 15 is 0 Å². The average molecular weight is 302 g/mol. The summed E-state index contributed by atoms with van der Waals surface area (Å²) in [6, 6.07) is 7.21. The normalized spacial score (nSPS) is 10.9. The zero-order chi connectivity index (χ0) is 14.8. The predicted molar refractivity (Wildman–Crippen MR) is 81.3 cm³/mol. The van der Waals surface area contributed by atoms with Crippen LogP contribution in [0.2, 0.25) is 0 Å². The third-order valence-corrected chi connectivity index (χ3v) is 3.98. The van der Waals surface area contributed by atoms with Gasteiger partial charge in [0.2, 0.25) is 0 Å². The van der Waals surface area contributed by atoms with Gasteiger partial charge in [0.15, 0.2) is 0 Å². The van der Waals surface area contributed by atoms with Crippen molar-refractivity contribution < 1.29 is 14.6 Å². The summed E-state index contributed by atoms with van der Waals surface area (Å²) in [5.41, 5.74) is 1.27. The number of nitrogens with one attached hydrogen (secondary N) is 1. The van der Waals surface area contributed by atoms with Crippen LogP contribution in [0.5, 0.6) is 5.75 Å². The maximum atomic E-state index is 11.3. The Bertz CT molecular complexity index is 778. The molecule has 0 fully saturated rings. The highest BCUT2D eigenvalue weighted by Crippen LogP contribution is 2.28. The van der Waals surface area contributed by atoms with Crippen molar-refractivity contribution in [1.29, 1.82) is 0 Å². The number of aromatic amines is 1. The first-order valence-electron chi connectivity index (χ1n) is 6.59. The summed E-state index contributed by atoms with van der Waals surface area (Å²) in [7, 11) is 0. The highest BCUT2D eigenvalue weighted by atomic mass is 32.1. The summed E-state index contributed by atoms with van der Waals surface area (Å²) in [6.45, 7) is 2.40. The summed E-state index contributed by atoms with van der Waals surface area (Å²) in [5.74, 6) is 0.377. The molecule has 2 N–H and O–H groups in total. The van der Waals surface area contributed by atoms with E-state index in [1.54, 1.807) is 17.4 Å². The summed E-state index contributed by atoms with van der Waals surface area (Å²) >= 11 is 1.65. The average Bonchev–Trinajstić information content (AvgIpc) is 3.08. The highest BCUT2D eigenvalue weighted by molar-refractivity contribution is 7.09. The second-order valence-corrected chi connectivity index (χ2v) is 5.54. The summed E-state index contributed by atoms with van der Waals surface area (Å²) in [6.07, 6.45) is 0.650. The van der Waals surface area contributed by atoms with E-state index in [1.807, 2.05) is 24.4 Å². The van der Waals surface area contributed by atoms with Crippen molar-refractivity contribution in [3.63, 3.8) is 0 Å². The second-order valence-electron chi connectivity index (χ2n) is 4.51. The molecule has 108 valence electrons. The molecule has 2 heterocycles. The number of nitrogens with zero attached hydrogens (tertiary/aromatic N) is 1. The molecule has 21 heavy (non-hydrogen) atoms. The van der Waals surface area contributed by atoms with Gasteiger partial charge in [-0.25, -0.2) is 9.78 Å². The number of rotatable bonds is 5. The lowest BCUT2D eigenvalue weighted by molar-refractivity contribution is 0.0699. The monoisotopic (exact) mass is 302 g/mol. The van der Waals surface area contributed by atoms with Crippen LogP contribution < -0.4 is 4.74 Å². The van der Waals surface area contributed by atoms with E-state index in [2.05, 4.69) is 9.97 Å². The minimum atomic E-state index is -0.989. The minimum Gasteiger partial charge on any atom is -0.492 e. The van der Waals surface area contributed by atoms with Crippen molar-refractivity contribution in [1.82, 2.24) is 9.97 Å². The number of H-pyrrole nitrogens is 1. The summed E-state index contributed by atoms with van der Waals surface area (Å²) in [5, 5.41) is 11.3. The van der Waals surface area contributed by atoms with Crippen molar-refractivity contribution in [2.45, 2.75) is 13.3 Å². The number of hydrogen-bond acceptors (Lipinski definition) is 4. The van der Waals surface area contributed by atoms with Crippen LogP contribution in [0.1, 0.15) is 28.0 Å². The molecule has 3 aromatic rings. The number of carbonyl (C=O) groups is 1. The number of carboxylic acid groups (broad SMARTS) is 1. The molecule has 2 aromatic heterocycles. The van der Waals surface area contributed by atoms with E-state index in [0.717, 1.165) is 5.82 Å². The molecule has 0 amide bonds. The Kier molecular flexibility index (Phi) is 3.62. The topological polar surface area (TPSA) is 75.2 Å². The van der Waals surface area contributed by atoms with Gasteiger partial charge in [-0.2, -0.15) is 0 Å². The lowest BCUT2D eigenvalue weighted by Crippen LogP contribution is -1.99. The first kappa shape index (κ1) is 13.6. The molecule has 0 radical (unpaired) electrons. The Morgan fingerprint density at radius 1 is 1.43 bits per heavy atom. The Balaban J connectivity index is 2.10. The van der Waals surface area contributed by atoms with Crippen LogP contribution >= 0.6 is 11.3 Å². The van der Waals surface area contributed by atoms with Crippen LogP contribution in [0.25, 0.3) is 11.0 Å². The van der Waals surface area contributed by atoms with Crippen molar-refractivity contribution in [2.75, 3.05) is 6.61 Å². The van der Waals surface area contributed by atoms with Gasteiger partial charge in [-0.15, -0.1) is 11.3 Å². The third kappa shape index (κ3) is 2.62. The molecule has 3 rings (SSSR count). The molecule has 6 heteroatoms. The number of carboxylic acids is 1. The minimum absolute atomic E-state index is 0.183. The molecule has 0 aliphatic carbocycles. The molecule has 1 aromatic carbocycles. The van der Waals surface area contributed by atoms with E-state index in [4.69, 9.17) is 4.74 Å². The number of imidazole rings is 1. The fourth-order valence-corrected chi connectivity index (χ4v) is 2.94.